The van der Waals surface area contributed by atoms with Crippen LogP contribution in [0, 0.1) is 0 Å². The number of rotatable bonds is 8. The van der Waals surface area contributed by atoms with Gasteiger partial charge < -0.3 is 9.79 Å². The summed E-state index contributed by atoms with van der Waals surface area (Å²) in [6.07, 6.45) is 0. The first kappa shape index (κ1) is 20.5. The van der Waals surface area contributed by atoms with Crippen LogP contribution in [0.4, 0.5) is 0 Å². The Morgan fingerprint density at radius 2 is 0.833 bits per heavy atom. The van der Waals surface area contributed by atoms with Crippen LogP contribution in [0.15, 0.2) is 0 Å². The van der Waals surface area contributed by atoms with Crippen LogP contribution in [0.3, 0.4) is 0 Å². The lowest BCUT2D eigenvalue weighted by Crippen LogP contribution is -1.93. The van der Waals surface area contributed by atoms with Crippen molar-refractivity contribution < 1.29 is 37.0 Å². The molecule has 8 nitrogen and oxygen atoms in total. The SMILES string of the molecule is CCOP(=O)(O)OCC.CCOP(=O)(O)OCC. The molecule has 112 valence electrons. The third-order valence-electron chi connectivity index (χ3n) is 1.17. The predicted octanol–water partition coefficient (Wildman–Crippen LogP) is 2.32. The molecule has 0 aromatic carbocycles. The largest absolute Gasteiger partial charge is 0.472 e. The van der Waals surface area contributed by atoms with Crippen molar-refractivity contribution in [3.8, 4) is 0 Å². The molecule has 18 heavy (non-hydrogen) atoms. The molecule has 0 saturated heterocycles. The van der Waals surface area contributed by atoms with Crippen molar-refractivity contribution >= 4 is 15.6 Å². The molecule has 0 unspecified atom stereocenters. The van der Waals surface area contributed by atoms with Crippen molar-refractivity contribution in [3.63, 3.8) is 0 Å². The van der Waals surface area contributed by atoms with Crippen LogP contribution in [-0.2, 0) is 27.2 Å². The zero-order chi connectivity index (χ0) is 14.7. The molecule has 0 bridgehead atoms. The van der Waals surface area contributed by atoms with Gasteiger partial charge in [0.25, 0.3) is 0 Å². The van der Waals surface area contributed by atoms with Crippen molar-refractivity contribution in [3.05, 3.63) is 0 Å². The smallest absolute Gasteiger partial charge is 0.302 e. The molecule has 0 fully saturated rings. The second kappa shape index (κ2) is 11.1. The molecule has 0 amide bonds. The highest BCUT2D eigenvalue weighted by Gasteiger charge is 2.18. The lowest BCUT2D eigenvalue weighted by atomic mass is 10.9. The number of phosphoric ester groups is 2. The fourth-order valence-electron chi connectivity index (χ4n) is 0.727. The minimum absolute atomic E-state index is 0.188. The summed E-state index contributed by atoms with van der Waals surface area (Å²) in [5.41, 5.74) is 0. The average molecular weight is 308 g/mol. The molecule has 0 radical (unpaired) electrons. The van der Waals surface area contributed by atoms with E-state index in [-0.39, 0.29) is 26.4 Å². The van der Waals surface area contributed by atoms with Crippen LogP contribution in [-0.4, -0.2) is 36.2 Å². The van der Waals surface area contributed by atoms with Gasteiger partial charge in [-0.05, 0) is 27.7 Å². The Kier molecular flexibility index (Phi) is 12.6. The first-order chi connectivity index (χ1) is 8.24. The molecule has 2 N–H and O–H groups in total. The molecule has 0 rings (SSSR count). The Morgan fingerprint density at radius 1 is 0.667 bits per heavy atom. The number of hydrogen-bond acceptors (Lipinski definition) is 6. The molecular formula is C8H22O8P2. The predicted molar refractivity (Wildman–Crippen MR) is 66.2 cm³/mol. The summed E-state index contributed by atoms with van der Waals surface area (Å²) in [5, 5.41) is 0. The summed E-state index contributed by atoms with van der Waals surface area (Å²) in [6, 6.07) is 0. The van der Waals surface area contributed by atoms with E-state index in [0.29, 0.717) is 0 Å². The minimum Gasteiger partial charge on any atom is -0.302 e. The van der Waals surface area contributed by atoms with E-state index in [2.05, 4.69) is 18.1 Å². The van der Waals surface area contributed by atoms with Gasteiger partial charge >= 0.3 is 15.6 Å². The van der Waals surface area contributed by atoms with E-state index in [0.717, 1.165) is 0 Å². The van der Waals surface area contributed by atoms with E-state index in [1.54, 1.807) is 27.7 Å². The molecule has 0 heterocycles. The third kappa shape index (κ3) is 14.3. The van der Waals surface area contributed by atoms with E-state index >= 15 is 0 Å². The Bertz CT molecular complexity index is 234. The van der Waals surface area contributed by atoms with Crippen LogP contribution in [0.25, 0.3) is 0 Å². The summed E-state index contributed by atoms with van der Waals surface area (Å²) < 4.78 is 38.5. The first-order valence-electron chi connectivity index (χ1n) is 5.48. The fourth-order valence-corrected chi connectivity index (χ4v) is 2.18. The van der Waals surface area contributed by atoms with Gasteiger partial charge in [0.15, 0.2) is 0 Å². The van der Waals surface area contributed by atoms with Gasteiger partial charge in [-0.25, -0.2) is 9.13 Å². The molecule has 10 heteroatoms. The van der Waals surface area contributed by atoms with Crippen molar-refractivity contribution in [2.24, 2.45) is 0 Å². The van der Waals surface area contributed by atoms with Gasteiger partial charge in [-0.3, -0.25) is 18.1 Å². The molecule has 0 aliphatic heterocycles. The third-order valence-corrected chi connectivity index (χ3v) is 3.51. The monoisotopic (exact) mass is 308 g/mol. The molecule has 0 spiro atoms. The van der Waals surface area contributed by atoms with E-state index in [1.807, 2.05) is 0 Å². The zero-order valence-electron chi connectivity index (χ0n) is 11.1. The van der Waals surface area contributed by atoms with E-state index in [9.17, 15) is 9.13 Å². The Labute approximate surface area is 107 Å². The molecule has 0 aromatic heterocycles. The van der Waals surface area contributed by atoms with Crippen molar-refractivity contribution in [2.75, 3.05) is 26.4 Å². The summed E-state index contributed by atoms with van der Waals surface area (Å²) in [4.78, 5) is 17.3. The van der Waals surface area contributed by atoms with Crippen LogP contribution < -0.4 is 0 Å². The summed E-state index contributed by atoms with van der Waals surface area (Å²) in [5.74, 6) is 0. The summed E-state index contributed by atoms with van der Waals surface area (Å²) in [7, 11) is -7.39. The second-order valence-corrected chi connectivity index (χ2v) is 5.52. The summed E-state index contributed by atoms with van der Waals surface area (Å²) >= 11 is 0. The Morgan fingerprint density at radius 3 is 0.944 bits per heavy atom. The van der Waals surface area contributed by atoms with Crippen LogP contribution in [0.2, 0.25) is 0 Å². The molecule has 0 aliphatic rings. The highest BCUT2D eigenvalue weighted by atomic mass is 31.2. The van der Waals surface area contributed by atoms with Crippen LogP contribution in [0.5, 0.6) is 0 Å². The highest BCUT2D eigenvalue weighted by molar-refractivity contribution is 7.47. The van der Waals surface area contributed by atoms with Crippen LogP contribution in [0.1, 0.15) is 27.7 Å². The zero-order valence-corrected chi connectivity index (χ0v) is 12.9. The minimum atomic E-state index is -3.69. The molecular weight excluding hydrogens is 286 g/mol. The van der Waals surface area contributed by atoms with Gasteiger partial charge in [0.1, 0.15) is 0 Å². The van der Waals surface area contributed by atoms with Gasteiger partial charge in [0.2, 0.25) is 0 Å². The van der Waals surface area contributed by atoms with Crippen LogP contribution >= 0.6 is 15.6 Å². The second-order valence-electron chi connectivity index (χ2n) is 2.61. The fraction of sp³-hybridized carbons (Fsp3) is 1.00. The molecule has 0 atom stereocenters. The Balaban J connectivity index is 0. The number of hydrogen-bond donors (Lipinski definition) is 2. The van der Waals surface area contributed by atoms with Gasteiger partial charge in [-0.2, -0.15) is 0 Å². The van der Waals surface area contributed by atoms with Crippen molar-refractivity contribution in [1.82, 2.24) is 0 Å². The topological polar surface area (TPSA) is 112 Å². The molecule has 0 aliphatic carbocycles. The number of phosphoric acid groups is 2. The van der Waals surface area contributed by atoms with E-state index in [4.69, 9.17) is 9.79 Å². The van der Waals surface area contributed by atoms with Gasteiger partial charge in [0.05, 0.1) is 26.4 Å². The maximum Gasteiger partial charge on any atom is 0.472 e. The lowest BCUT2D eigenvalue weighted by molar-refractivity contribution is 0.160. The summed E-state index contributed by atoms with van der Waals surface area (Å²) in [6.45, 7) is 7.26. The van der Waals surface area contributed by atoms with E-state index in [1.165, 1.54) is 0 Å². The van der Waals surface area contributed by atoms with Crippen molar-refractivity contribution in [2.45, 2.75) is 27.7 Å². The first-order valence-corrected chi connectivity index (χ1v) is 8.47. The van der Waals surface area contributed by atoms with E-state index < -0.39 is 15.6 Å². The van der Waals surface area contributed by atoms with Gasteiger partial charge in [0, 0.05) is 0 Å². The quantitative estimate of drug-likeness (QED) is 0.657. The van der Waals surface area contributed by atoms with Gasteiger partial charge in [-0.1, -0.05) is 0 Å². The lowest BCUT2D eigenvalue weighted by Gasteiger charge is -2.07. The maximum atomic E-state index is 10.5. The maximum absolute atomic E-state index is 10.5. The van der Waals surface area contributed by atoms with Crippen molar-refractivity contribution in [1.29, 1.82) is 0 Å². The van der Waals surface area contributed by atoms with Gasteiger partial charge in [-0.15, -0.1) is 0 Å². The Hall–Kier alpha value is 0.220. The standard InChI is InChI=1S/2C4H11O4P/c2*1-3-7-9(5,6)8-4-2/h2*3-4H2,1-2H3,(H,5,6). The highest BCUT2D eigenvalue weighted by Crippen LogP contribution is 2.42. The average Bonchev–Trinajstić information content (AvgIpc) is 2.17. The molecule has 0 saturated carbocycles. The normalized spacial score (nSPS) is 11.9. The molecule has 0 aromatic rings.